The smallest absolute Gasteiger partial charge is 0.244 e. The van der Waals surface area contributed by atoms with Crippen LogP contribution in [0, 0.1) is 0 Å². The van der Waals surface area contributed by atoms with Crippen molar-refractivity contribution in [2.45, 2.75) is 6.54 Å². The van der Waals surface area contributed by atoms with Crippen LogP contribution in [-0.4, -0.2) is 45.0 Å². The molecule has 4 heteroatoms. The fourth-order valence-corrected chi connectivity index (χ4v) is 2.46. The van der Waals surface area contributed by atoms with Crippen LogP contribution in [0.15, 0.2) is 60.7 Å². The first-order valence-electron chi connectivity index (χ1n) is 8.51. The Hall–Kier alpha value is -2.59. The maximum absolute atomic E-state index is 12.1. The topological polar surface area (TPSA) is 35.6 Å². The number of hydrogen-bond acceptors (Lipinski definition) is 3. The molecule has 0 bridgehead atoms. The van der Waals surface area contributed by atoms with Crippen molar-refractivity contribution in [2.75, 3.05) is 39.1 Å². The SMILES string of the molecule is CN(C)CCN(C)c1ccccc1C=CC(=O)NCc1ccccc1. The average molecular weight is 337 g/mol. The predicted molar refractivity (Wildman–Crippen MR) is 106 cm³/mol. The molecule has 2 aromatic carbocycles. The van der Waals surface area contributed by atoms with Crippen LogP contribution in [0.25, 0.3) is 6.08 Å². The largest absolute Gasteiger partial charge is 0.373 e. The van der Waals surface area contributed by atoms with E-state index < -0.39 is 0 Å². The van der Waals surface area contributed by atoms with Crippen LogP contribution in [0.5, 0.6) is 0 Å². The first kappa shape index (κ1) is 18.7. The Morgan fingerprint density at radius 2 is 1.64 bits per heavy atom. The highest BCUT2D eigenvalue weighted by Crippen LogP contribution is 2.20. The highest BCUT2D eigenvalue weighted by atomic mass is 16.1. The standard InChI is InChI=1S/C21H27N3O/c1-23(2)15-16-24(3)20-12-8-7-11-19(20)13-14-21(25)22-17-18-9-5-4-6-10-18/h4-14H,15-17H2,1-3H3,(H,22,25). The monoisotopic (exact) mass is 337 g/mol. The lowest BCUT2D eigenvalue weighted by Gasteiger charge is -2.23. The van der Waals surface area contributed by atoms with E-state index in [2.05, 4.69) is 42.3 Å². The lowest BCUT2D eigenvalue weighted by molar-refractivity contribution is -0.116. The Bertz CT molecular complexity index is 695. The Balaban J connectivity index is 1.96. The molecule has 0 heterocycles. The zero-order valence-electron chi connectivity index (χ0n) is 15.3. The molecule has 2 rings (SSSR count). The van der Waals surface area contributed by atoms with Gasteiger partial charge in [-0.25, -0.2) is 0 Å². The van der Waals surface area contributed by atoms with E-state index in [1.54, 1.807) is 6.08 Å². The van der Waals surface area contributed by atoms with E-state index in [9.17, 15) is 4.79 Å². The molecule has 0 atom stereocenters. The van der Waals surface area contributed by atoms with Gasteiger partial charge in [0.2, 0.25) is 5.91 Å². The molecule has 4 nitrogen and oxygen atoms in total. The summed E-state index contributed by atoms with van der Waals surface area (Å²) in [7, 11) is 6.21. The van der Waals surface area contributed by atoms with Crippen molar-refractivity contribution in [1.29, 1.82) is 0 Å². The summed E-state index contributed by atoms with van der Waals surface area (Å²) in [5.74, 6) is -0.0883. The summed E-state index contributed by atoms with van der Waals surface area (Å²) in [5.41, 5.74) is 3.25. The molecule has 1 N–H and O–H groups in total. The molecule has 0 aliphatic heterocycles. The lowest BCUT2D eigenvalue weighted by Crippen LogP contribution is -2.28. The van der Waals surface area contributed by atoms with Crippen LogP contribution >= 0.6 is 0 Å². The third kappa shape index (κ3) is 6.43. The fourth-order valence-electron chi connectivity index (χ4n) is 2.46. The molecule has 0 saturated heterocycles. The third-order valence-corrected chi connectivity index (χ3v) is 3.95. The first-order chi connectivity index (χ1) is 12.1. The molecular weight excluding hydrogens is 310 g/mol. The molecule has 2 aromatic rings. The minimum atomic E-state index is -0.0883. The van der Waals surface area contributed by atoms with E-state index in [1.807, 2.05) is 54.6 Å². The molecule has 0 aliphatic rings. The summed E-state index contributed by atoms with van der Waals surface area (Å²) in [6, 6.07) is 18.0. The van der Waals surface area contributed by atoms with E-state index in [0.717, 1.165) is 29.9 Å². The second-order valence-corrected chi connectivity index (χ2v) is 6.32. The van der Waals surface area contributed by atoms with Crippen molar-refractivity contribution < 1.29 is 4.79 Å². The molecule has 0 radical (unpaired) electrons. The van der Waals surface area contributed by atoms with Crippen molar-refractivity contribution in [1.82, 2.24) is 10.2 Å². The van der Waals surface area contributed by atoms with Gasteiger partial charge in [-0.2, -0.15) is 0 Å². The van der Waals surface area contributed by atoms with E-state index in [0.29, 0.717) is 6.54 Å². The van der Waals surface area contributed by atoms with Gasteiger partial charge < -0.3 is 15.1 Å². The van der Waals surface area contributed by atoms with Crippen molar-refractivity contribution in [3.05, 3.63) is 71.8 Å². The van der Waals surface area contributed by atoms with Gasteiger partial charge in [-0.1, -0.05) is 48.5 Å². The molecule has 0 unspecified atom stereocenters. The Morgan fingerprint density at radius 3 is 2.36 bits per heavy atom. The average Bonchev–Trinajstić information content (AvgIpc) is 2.63. The normalized spacial score (nSPS) is 11.0. The molecule has 0 aliphatic carbocycles. The number of hydrogen-bond donors (Lipinski definition) is 1. The Labute approximate surface area is 150 Å². The second-order valence-electron chi connectivity index (χ2n) is 6.32. The number of benzene rings is 2. The number of rotatable bonds is 8. The van der Waals surface area contributed by atoms with E-state index in [4.69, 9.17) is 0 Å². The van der Waals surface area contributed by atoms with Crippen LogP contribution < -0.4 is 10.2 Å². The summed E-state index contributed by atoms with van der Waals surface area (Å²) >= 11 is 0. The number of amides is 1. The third-order valence-electron chi connectivity index (χ3n) is 3.95. The highest BCUT2D eigenvalue weighted by Gasteiger charge is 2.05. The quantitative estimate of drug-likeness (QED) is 0.752. The van der Waals surface area contributed by atoms with Crippen molar-refractivity contribution in [2.24, 2.45) is 0 Å². The maximum atomic E-state index is 12.1. The van der Waals surface area contributed by atoms with Crippen LogP contribution in [-0.2, 0) is 11.3 Å². The lowest BCUT2D eigenvalue weighted by atomic mass is 10.1. The molecule has 0 spiro atoms. The number of anilines is 1. The zero-order valence-corrected chi connectivity index (χ0v) is 15.3. The summed E-state index contributed by atoms with van der Waals surface area (Å²) < 4.78 is 0. The zero-order chi connectivity index (χ0) is 18.1. The van der Waals surface area contributed by atoms with Crippen LogP contribution in [0.4, 0.5) is 5.69 Å². The molecule has 1 amide bonds. The van der Waals surface area contributed by atoms with E-state index in [-0.39, 0.29) is 5.91 Å². The van der Waals surface area contributed by atoms with E-state index in [1.165, 1.54) is 0 Å². The van der Waals surface area contributed by atoms with Crippen LogP contribution in [0.1, 0.15) is 11.1 Å². The molecular formula is C21H27N3O. The molecule has 25 heavy (non-hydrogen) atoms. The predicted octanol–water partition coefficient (Wildman–Crippen LogP) is 3.01. The first-order valence-corrected chi connectivity index (χ1v) is 8.51. The van der Waals surface area contributed by atoms with Crippen molar-refractivity contribution in [3.8, 4) is 0 Å². The maximum Gasteiger partial charge on any atom is 0.244 e. The number of carbonyl (C=O) groups excluding carboxylic acids is 1. The molecule has 0 saturated carbocycles. The van der Waals surface area contributed by atoms with Gasteiger partial charge in [-0.3, -0.25) is 4.79 Å². The van der Waals surface area contributed by atoms with E-state index >= 15 is 0 Å². The molecule has 132 valence electrons. The van der Waals surface area contributed by atoms with Crippen molar-refractivity contribution >= 4 is 17.7 Å². The molecule has 0 fully saturated rings. The number of nitrogens with zero attached hydrogens (tertiary/aromatic N) is 2. The number of para-hydroxylation sites is 1. The summed E-state index contributed by atoms with van der Waals surface area (Å²) in [6.45, 7) is 2.44. The van der Waals surface area contributed by atoms with Gasteiger partial charge in [0.1, 0.15) is 0 Å². The number of carbonyl (C=O) groups is 1. The minimum Gasteiger partial charge on any atom is -0.373 e. The van der Waals surface area contributed by atoms with Gasteiger partial charge >= 0.3 is 0 Å². The van der Waals surface area contributed by atoms with Gasteiger partial charge in [0.25, 0.3) is 0 Å². The van der Waals surface area contributed by atoms with Gasteiger partial charge in [-0.15, -0.1) is 0 Å². The summed E-state index contributed by atoms with van der Waals surface area (Å²) in [6.07, 6.45) is 3.48. The Kier molecular flexibility index (Phi) is 7.23. The highest BCUT2D eigenvalue weighted by molar-refractivity contribution is 5.92. The fraction of sp³-hybridized carbons (Fsp3) is 0.286. The Morgan fingerprint density at radius 1 is 0.960 bits per heavy atom. The molecule has 0 aromatic heterocycles. The van der Waals surface area contributed by atoms with Gasteiger partial charge in [-0.05, 0) is 37.4 Å². The second kappa shape index (κ2) is 9.64. The van der Waals surface area contributed by atoms with Gasteiger partial charge in [0.05, 0.1) is 0 Å². The van der Waals surface area contributed by atoms with Crippen LogP contribution in [0.3, 0.4) is 0 Å². The van der Waals surface area contributed by atoms with Crippen molar-refractivity contribution in [3.63, 3.8) is 0 Å². The number of nitrogens with one attached hydrogen (secondary N) is 1. The van der Waals surface area contributed by atoms with Gasteiger partial charge in [0.15, 0.2) is 0 Å². The summed E-state index contributed by atoms with van der Waals surface area (Å²) in [5, 5.41) is 2.91. The van der Waals surface area contributed by atoms with Gasteiger partial charge in [0, 0.05) is 38.4 Å². The minimum absolute atomic E-state index is 0.0883. The number of likely N-dealkylation sites (N-methyl/N-ethyl adjacent to an activating group) is 2. The summed E-state index contributed by atoms with van der Waals surface area (Å²) in [4.78, 5) is 16.4. The van der Waals surface area contributed by atoms with Crippen LogP contribution in [0.2, 0.25) is 0 Å².